The van der Waals surface area contributed by atoms with Crippen LogP contribution in [-0.4, -0.2) is 34.4 Å². The summed E-state index contributed by atoms with van der Waals surface area (Å²) < 4.78 is 25.8. The molecule has 0 radical (unpaired) electrons. The van der Waals surface area contributed by atoms with Crippen molar-refractivity contribution in [2.45, 2.75) is 19.1 Å². The highest BCUT2D eigenvalue weighted by Crippen LogP contribution is 2.14. The Hall–Kier alpha value is -2.22. The first kappa shape index (κ1) is 14.8. The van der Waals surface area contributed by atoms with Crippen molar-refractivity contribution >= 4 is 17.7 Å². The van der Waals surface area contributed by atoms with Crippen LogP contribution in [0.25, 0.3) is 0 Å². The van der Waals surface area contributed by atoms with Crippen molar-refractivity contribution in [1.82, 2.24) is 5.32 Å². The lowest BCUT2D eigenvalue weighted by atomic mass is 10.2. The molecular weight excluding hydrogens is 262 g/mol. The second-order valence-corrected chi connectivity index (χ2v) is 3.78. The summed E-state index contributed by atoms with van der Waals surface area (Å²) in [6.45, 7) is 1.18. The molecule has 0 fully saturated rings. The highest BCUT2D eigenvalue weighted by atomic mass is 19.1. The zero-order valence-corrected chi connectivity index (χ0v) is 9.85. The molecule has 4 N–H and O–H groups in total. The van der Waals surface area contributed by atoms with Gasteiger partial charge in [0.05, 0.1) is 11.8 Å². The van der Waals surface area contributed by atoms with Gasteiger partial charge in [-0.15, -0.1) is 0 Å². The van der Waals surface area contributed by atoms with E-state index in [9.17, 15) is 18.4 Å². The molecule has 8 heteroatoms. The van der Waals surface area contributed by atoms with Gasteiger partial charge in [-0.05, 0) is 19.1 Å². The maximum atomic E-state index is 13.2. The Morgan fingerprint density at radius 1 is 1.32 bits per heavy atom. The van der Waals surface area contributed by atoms with Gasteiger partial charge in [-0.1, -0.05) is 0 Å². The fourth-order valence-electron chi connectivity index (χ4n) is 1.28. The minimum absolute atomic E-state index is 0.311. The Balaban J connectivity index is 2.72. The van der Waals surface area contributed by atoms with E-state index in [-0.39, 0.29) is 5.69 Å². The largest absolute Gasteiger partial charge is 0.480 e. The number of amides is 2. The summed E-state index contributed by atoms with van der Waals surface area (Å²) in [5, 5.41) is 21.8. The van der Waals surface area contributed by atoms with Crippen molar-refractivity contribution in [3.8, 4) is 0 Å². The van der Waals surface area contributed by atoms with Crippen LogP contribution in [0.3, 0.4) is 0 Å². The fourth-order valence-corrected chi connectivity index (χ4v) is 1.28. The molecule has 0 aliphatic rings. The van der Waals surface area contributed by atoms with Gasteiger partial charge in [0.25, 0.3) is 0 Å². The molecule has 0 aromatic heterocycles. The van der Waals surface area contributed by atoms with Gasteiger partial charge in [0.15, 0.2) is 6.04 Å². The van der Waals surface area contributed by atoms with E-state index in [2.05, 4.69) is 0 Å². The van der Waals surface area contributed by atoms with Crippen LogP contribution in [-0.2, 0) is 4.79 Å². The molecule has 6 nitrogen and oxygen atoms in total. The molecule has 0 heterocycles. The number of urea groups is 1. The number of carbonyl (C=O) groups is 2. The first-order chi connectivity index (χ1) is 8.81. The van der Waals surface area contributed by atoms with Crippen molar-refractivity contribution in [2.24, 2.45) is 0 Å². The van der Waals surface area contributed by atoms with E-state index >= 15 is 0 Å². The first-order valence-electron chi connectivity index (χ1n) is 5.24. The van der Waals surface area contributed by atoms with E-state index in [1.54, 1.807) is 0 Å². The topological polar surface area (TPSA) is 98.7 Å². The number of carboxylic acids is 1. The van der Waals surface area contributed by atoms with E-state index in [1.165, 1.54) is 6.92 Å². The number of nitrogens with one attached hydrogen (secondary N) is 2. The number of benzene rings is 1. The molecule has 19 heavy (non-hydrogen) atoms. The highest BCUT2D eigenvalue weighted by Gasteiger charge is 2.25. The van der Waals surface area contributed by atoms with Crippen LogP contribution in [0.2, 0.25) is 0 Å². The SMILES string of the molecule is C[C@@H](O)[C@H](NC(=O)Nc1ccc(F)cc1F)C(=O)O. The lowest BCUT2D eigenvalue weighted by Gasteiger charge is -2.17. The van der Waals surface area contributed by atoms with Crippen LogP contribution in [0.15, 0.2) is 18.2 Å². The molecule has 0 saturated carbocycles. The van der Waals surface area contributed by atoms with Crippen molar-refractivity contribution in [2.75, 3.05) is 5.32 Å². The molecule has 1 aromatic carbocycles. The van der Waals surface area contributed by atoms with E-state index in [0.717, 1.165) is 12.1 Å². The smallest absolute Gasteiger partial charge is 0.328 e. The Bertz CT molecular complexity index is 494. The standard InChI is InChI=1S/C11H12F2N2O4/c1-5(16)9(10(17)18)15-11(19)14-8-3-2-6(12)4-7(8)13/h2-5,9,16H,1H3,(H,17,18)(H2,14,15,19)/t5-,9+/m1/s1. The Morgan fingerprint density at radius 2 is 1.95 bits per heavy atom. The quantitative estimate of drug-likeness (QED) is 0.656. The average molecular weight is 274 g/mol. The van der Waals surface area contributed by atoms with Crippen molar-refractivity contribution < 1.29 is 28.6 Å². The third kappa shape index (κ3) is 4.18. The number of hydrogen-bond acceptors (Lipinski definition) is 3. The normalized spacial score (nSPS) is 13.5. The molecule has 0 spiro atoms. The minimum Gasteiger partial charge on any atom is -0.480 e. The molecule has 0 unspecified atom stereocenters. The van der Waals surface area contributed by atoms with E-state index < -0.39 is 35.8 Å². The van der Waals surface area contributed by atoms with Gasteiger partial charge in [0.1, 0.15) is 11.6 Å². The summed E-state index contributed by atoms with van der Waals surface area (Å²) in [5.74, 6) is -3.25. The molecular formula is C11H12F2N2O4. The molecule has 2 amide bonds. The van der Waals surface area contributed by atoms with Crippen LogP contribution < -0.4 is 10.6 Å². The molecule has 1 aromatic rings. The first-order valence-corrected chi connectivity index (χ1v) is 5.24. The number of aliphatic hydroxyl groups is 1. The predicted octanol–water partition coefficient (Wildman–Crippen LogP) is 0.920. The average Bonchev–Trinajstić information content (AvgIpc) is 2.29. The van der Waals surface area contributed by atoms with E-state index in [1.807, 2.05) is 10.6 Å². The third-order valence-corrected chi connectivity index (χ3v) is 2.21. The summed E-state index contributed by atoms with van der Waals surface area (Å²) in [6, 6.07) is -0.0778. The molecule has 104 valence electrons. The van der Waals surface area contributed by atoms with Crippen molar-refractivity contribution in [3.63, 3.8) is 0 Å². The molecule has 2 atom stereocenters. The molecule has 0 bridgehead atoms. The summed E-state index contributed by atoms with van der Waals surface area (Å²) in [6.07, 6.45) is -1.33. The summed E-state index contributed by atoms with van der Waals surface area (Å²) in [7, 11) is 0. The minimum atomic E-state index is -1.54. The number of aliphatic hydroxyl groups excluding tert-OH is 1. The van der Waals surface area contributed by atoms with Crippen LogP contribution in [0, 0.1) is 11.6 Å². The Labute approximate surface area is 107 Å². The fraction of sp³-hybridized carbons (Fsp3) is 0.273. The second-order valence-electron chi connectivity index (χ2n) is 3.78. The Morgan fingerprint density at radius 3 is 2.42 bits per heavy atom. The number of rotatable bonds is 4. The van der Waals surface area contributed by atoms with Gasteiger partial charge in [-0.25, -0.2) is 18.4 Å². The number of carbonyl (C=O) groups excluding carboxylic acids is 1. The van der Waals surface area contributed by atoms with Gasteiger partial charge in [-0.3, -0.25) is 0 Å². The summed E-state index contributed by atoms with van der Waals surface area (Å²) >= 11 is 0. The monoisotopic (exact) mass is 274 g/mol. The van der Waals surface area contributed by atoms with Crippen molar-refractivity contribution in [1.29, 1.82) is 0 Å². The number of anilines is 1. The maximum Gasteiger partial charge on any atom is 0.328 e. The number of hydrogen-bond donors (Lipinski definition) is 4. The molecule has 1 rings (SSSR count). The van der Waals surface area contributed by atoms with Gasteiger partial charge < -0.3 is 20.8 Å². The second kappa shape index (κ2) is 6.10. The number of aliphatic carboxylic acids is 1. The van der Waals surface area contributed by atoms with Crippen LogP contribution in [0.5, 0.6) is 0 Å². The van der Waals surface area contributed by atoms with Gasteiger partial charge >= 0.3 is 12.0 Å². The van der Waals surface area contributed by atoms with Crippen molar-refractivity contribution in [3.05, 3.63) is 29.8 Å². The predicted molar refractivity (Wildman–Crippen MR) is 61.6 cm³/mol. The van der Waals surface area contributed by atoms with Gasteiger partial charge in [-0.2, -0.15) is 0 Å². The summed E-state index contributed by atoms with van der Waals surface area (Å²) in [5.41, 5.74) is -0.311. The Kier molecular flexibility index (Phi) is 4.76. The molecule has 0 aliphatic heterocycles. The van der Waals surface area contributed by atoms with Crippen LogP contribution in [0.1, 0.15) is 6.92 Å². The third-order valence-electron chi connectivity index (χ3n) is 2.21. The lowest BCUT2D eigenvalue weighted by molar-refractivity contribution is -0.141. The van der Waals surface area contributed by atoms with E-state index in [4.69, 9.17) is 10.2 Å². The summed E-state index contributed by atoms with van der Waals surface area (Å²) in [4.78, 5) is 22.1. The van der Waals surface area contributed by atoms with E-state index in [0.29, 0.717) is 6.07 Å². The zero-order chi connectivity index (χ0) is 14.6. The van der Waals surface area contributed by atoms with Crippen LogP contribution in [0.4, 0.5) is 19.3 Å². The number of carboxylic acid groups (broad SMARTS) is 1. The van der Waals surface area contributed by atoms with Gasteiger partial charge in [0, 0.05) is 6.07 Å². The van der Waals surface area contributed by atoms with Gasteiger partial charge in [0.2, 0.25) is 0 Å². The highest BCUT2D eigenvalue weighted by molar-refractivity contribution is 5.92. The molecule has 0 aliphatic carbocycles. The maximum absolute atomic E-state index is 13.2. The van der Waals surface area contributed by atoms with Crippen LogP contribution >= 0.6 is 0 Å². The lowest BCUT2D eigenvalue weighted by Crippen LogP contribution is -2.49. The molecule has 0 saturated heterocycles. The zero-order valence-electron chi connectivity index (χ0n) is 9.85. The number of halogens is 2.